The Kier molecular flexibility index (Phi) is 10.6. The van der Waals surface area contributed by atoms with Crippen LogP contribution < -0.4 is 11.1 Å². The molecule has 48 heavy (non-hydrogen) atoms. The fourth-order valence-corrected chi connectivity index (χ4v) is 5.88. The maximum absolute atomic E-state index is 13.7. The van der Waals surface area contributed by atoms with Crippen LogP contribution in [0.15, 0.2) is 48.5 Å². The van der Waals surface area contributed by atoms with Gasteiger partial charge in [0, 0.05) is 13.0 Å². The third-order valence-electron chi connectivity index (χ3n) is 8.49. The van der Waals surface area contributed by atoms with Gasteiger partial charge in [-0.3, -0.25) is 19.3 Å². The molecule has 17 heteroatoms. The molecular formula is C31H33F6N3O8. The summed E-state index contributed by atoms with van der Waals surface area (Å²) in [6, 6.07) is 7.89. The van der Waals surface area contributed by atoms with Gasteiger partial charge >= 0.3 is 30.4 Å². The molecule has 0 bridgehead atoms. The average Bonchev–Trinajstić information content (AvgIpc) is 3.38. The Morgan fingerprint density at radius 3 is 2.15 bits per heavy atom. The second kappa shape index (κ2) is 14.0. The molecule has 2 aromatic rings. The molecule has 2 aliphatic rings. The summed E-state index contributed by atoms with van der Waals surface area (Å²) in [4.78, 5) is 50.1. The molecular weight excluding hydrogens is 656 g/mol. The first-order chi connectivity index (χ1) is 22.3. The van der Waals surface area contributed by atoms with Crippen molar-refractivity contribution < 1.29 is 64.8 Å². The number of benzene rings is 2. The Labute approximate surface area is 270 Å². The standard InChI is InChI=1S/C31H33F6N3O8/c1-18(19-11-21(30(32,33)34)13-22(12-19)31(35,36)37)46-16-29(20-5-3-2-4-6-20)10-9-28(8-7-24(41)39-28)15-40(29)27(45)48-17-47-26(44)23(38)14-25(42)43/h2-6,11-13,18,23H,7-10,14-17,38H2,1H3,(H,39,41)(H,42,43)/t18-,23?,28-,29-/m1/s1. The number of alkyl halides is 6. The third-order valence-corrected chi connectivity index (χ3v) is 8.49. The highest BCUT2D eigenvalue weighted by Gasteiger charge is 2.54. The van der Waals surface area contributed by atoms with E-state index in [1.54, 1.807) is 30.3 Å². The molecule has 2 saturated heterocycles. The molecule has 11 nitrogen and oxygen atoms in total. The van der Waals surface area contributed by atoms with Crippen LogP contribution in [-0.2, 0) is 46.5 Å². The van der Waals surface area contributed by atoms with Gasteiger partial charge in [-0.2, -0.15) is 26.3 Å². The number of hydrogen-bond donors (Lipinski definition) is 3. The molecule has 0 aromatic heterocycles. The van der Waals surface area contributed by atoms with Crippen LogP contribution >= 0.6 is 0 Å². The number of carbonyl (C=O) groups is 4. The number of likely N-dealkylation sites (tertiary alicyclic amines) is 1. The number of hydrogen-bond acceptors (Lipinski definition) is 8. The number of esters is 1. The minimum absolute atomic E-state index is 0.0112. The first kappa shape index (κ1) is 36.5. The number of nitrogens with zero attached hydrogens (tertiary/aromatic N) is 1. The Morgan fingerprint density at radius 2 is 1.60 bits per heavy atom. The molecule has 4 N–H and O–H groups in total. The number of ether oxygens (including phenoxy) is 3. The van der Waals surface area contributed by atoms with Gasteiger partial charge in [0.2, 0.25) is 12.7 Å². The SMILES string of the molecule is C[C@@H](OC[C@@]1(c2ccccc2)CC[C@]2(CCC(=O)N2)CN1C(=O)OCOC(=O)C(N)CC(=O)O)c1cc(C(F)(F)F)cc(C(F)(F)F)c1. The Morgan fingerprint density at radius 1 is 0.979 bits per heavy atom. The van der Waals surface area contributed by atoms with Crippen molar-refractivity contribution in [2.24, 2.45) is 5.73 Å². The van der Waals surface area contributed by atoms with Crippen molar-refractivity contribution in [2.45, 2.75) is 74.6 Å². The van der Waals surface area contributed by atoms with E-state index in [0.717, 1.165) is 0 Å². The molecule has 0 radical (unpaired) electrons. The number of nitrogens with two attached hydrogens (primary N) is 1. The number of carboxylic acid groups (broad SMARTS) is 1. The highest BCUT2D eigenvalue weighted by atomic mass is 19.4. The largest absolute Gasteiger partial charge is 0.481 e. The van der Waals surface area contributed by atoms with Gasteiger partial charge in [0.05, 0.1) is 41.3 Å². The first-order valence-corrected chi connectivity index (χ1v) is 14.7. The molecule has 2 heterocycles. The van der Waals surface area contributed by atoms with Crippen LogP contribution in [0.1, 0.15) is 67.4 Å². The van der Waals surface area contributed by atoms with Crippen molar-refractivity contribution in [3.05, 3.63) is 70.8 Å². The molecule has 4 rings (SSSR count). The van der Waals surface area contributed by atoms with E-state index in [1.165, 1.54) is 11.8 Å². The van der Waals surface area contributed by atoms with E-state index < -0.39 is 90.1 Å². The maximum Gasteiger partial charge on any atom is 0.416 e. The van der Waals surface area contributed by atoms with Crippen molar-refractivity contribution in [1.82, 2.24) is 10.2 Å². The smallest absolute Gasteiger partial charge is 0.416 e. The van der Waals surface area contributed by atoms with Gasteiger partial charge in [-0.25, -0.2) is 4.79 Å². The fraction of sp³-hybridized carbons (Fsp3) is 0.484. The second-order valence-electron chi connectivity index (χ2n) is 11.8. The van der Waals surface area contributed by atoms with E-state index >= 15 is 0 Å². The molecule has 0 aliphatic carbocycles. The number of piperidine rings is 1. The van der Waals surface area contributed by atoms with Gasteiger partial charge in [0.25, 0.3) is 0 Å². The van der Waals surface area contributed by atoms with Crippen LogP contribution in [0.2, 0.25) is 0 Å². The van der Waals surface area contributed by atoms with E-state index in [-0.39, 0.29) is 31.4 Å². The molecule has 0 saturated carbocycles. The van der Waals surface area contributed by atoms with Crippen LogP contribution in [-0.4, -0.2) is 65.5 Å². The predicted molar refractivity (Wildman–Crippen MR) is 153 cm³/mol. The fourth-order valence-electron chi connectivity index (χ4n) is 5.88. The van der Waals surface area contributed by atoms with Gasteiger partial charge in [-0.05, 0) is 55.5 Å². The van der Waals surface area contributed by atoms with Gasteiger partial charge in [0.1, 0.15) is 6.04 Å². The zero-order valence-electron chi connectivity index (χ0n) is 25.5. The number of carboxylic acids is 1. The minimum atomic E-state index is -5.08. The highest BCUT2D eigenvalue weighted by molar-refractivity contribution is 5.82. The number of rotatable bonds is 10. The molecule has 2 amide bonds. The summed E-state index contributed by atoms with van der Waals surface area (Å²) in [5.74, 6) is -2.78. The number of aliphatic carboxylic acids is 1. The van der Waals surface area contributed by atoms with E-state index in [4.69, 9.17) is 25.1 Å². The van der Waals surface area contributed by atoms with Gasteiger partial charge in [0.15, 0.2) is 0 Å². The predicted octanol–water partition coefficient (Wildman–Crippen LogP) is 4.88. The monoisotopic (exact) mass is 689 g/mol. The van der Waals surface area contributed by atoms with Crippen LogP contribution in [0.4, 0.5) is 31.1 Å². The molecule has 262 valence electrons. The van der Waals surface area contributed by atoms with Gasteiger partial charge in [-0.15, -0.1) is 0 Å². The van der Waals surface area contributed by atoms with Crippen LogP contribution in [0, 0.1) is 0 Å². The van der Waals surface area contributed by atoms with E-state index in [2.05, 4.69) is 5.32 Å². The first-order valence-electron chi connectivity index (χ1n) is 14.7. The summed E-state index contributed by atoms with van der Waals surface area (Å²) in [5, 5.41) is 11.7. The lowest BCUT2D eigenvalue weighted by Gasteiger charge is -2.52. The highest BCUT2D eigenvalue weighted by Crippen LogP contribution is 2.45. The average molecular weight is 690 g/mol. The van der Waals surface area contributed by atoms with Crippen molar-refractivity contribution in [3.8, 4) is 0 Å². The van der Waals surface area contributed by atoms with Crippen molar-refractivity contribution in [1.29, 1.82) is 0 Å². The Balaban J connectivity index is 1.66. The third kappa shape index (κ3) is 8.36. The quantitative estimate of drug-likeness (QED) is 0.180. The molecule has 4 atom stereocenters. The van der Waals surface area contributed by atoms with Crippen molar-refractivity contribution in [3.63, 3.8) is 0 Å². The van der Waals surface area contributed by atoms with E-state index in [9.17, 15) is 45.5 Å². The zero-order chi connectivity index (χ0) is 35.5. The van der Waals surface area contributed by atoms with Crippen LogP contribution in [0.5, 0.6) is 0 Å². The lowest BCUT2D eigenvalue weighted by atomic mass is 9.74. The molecule has 2 aliphatic heterocycles. The van der Waals surface area contributed by atoms with Crippen LogP contribution in [0.3, 0.4) is 0 Å². The zero-order valence-corrected chi connectivity index (χ0v) is 25.5. The maximum atomic E-state index is 13.7. The number of halogens is 6. The normalized spacial score (nSPS) is 22.6. The topological polar surface area (TPSA) is 157 Å². The number of nitrogens with one attached hydrogen (secondary N) is 1. The summed E-state index contributed by atoms with van der Waals surface area (Å²) in [6.07, 6.45) is -12.3. The Hall–Kier alpha value is -4.38. The molecule has 2 aromatic carbocycles. The van der Waals surface area contributed by atoms with Crippen molar-refractivity contribution >= 4 is 23.9 Å². The molecule has 1 unspecified atom stereocenters. The number of carbonyl (C=O) groups excluding carboxylic acids is 3. The summed E-state index contributed by atoms with van der Waals surface area (Å²) >= 11 is 0. The summed E-state index contributed by atoms with van der Waals surface area (Å²) in [5.41, 5.74) is 0.214. The van der Waals surface area contributed by atoms with E-state index in [0.29, 0.717) is 30.5 Å². The summed E-state index contributed by atoms with van der Waals surface area (Å²) < 4.78 is 97.4. The van der Waals surface area contributed by atoms with Crippen molar-refractivity contribution in [2.75, 3.05) is 19.9 Å². The lowest BCUT2D eigenvalue weighted by Crippen LogP contribution is -2.65. The minimum Gasteiger partial charge on any atom is -0.481 e. The Bertz CT molecular complexity index is 1490. The van der Waals surface area contributed by atoms with Crippen LogP contribution in [0.25, 0.3) is 0 Å². The van der Waals surface area contributed by atoms with Gasteiger partial charge in [-0.1, -0.05) is 30.3 Å². The second-order valence-corrected chi connectivity index (χ2v) is 11.8. The summed E-state index contributed by atoms with van der Waals surface area (Å²) in [7, 11) is 0. The lowest BCUT2D eigenvalue weighted by molar-refractivity contribution is -0.158. The molecule has 1 spiro atoms. The van der Waals surface area contributed by atoms with E-state index in [1.807, 2.05) is 0 Å². The number of amides is 2. The summed E-state index contributed by atoms with van der Waals surface area (Å²) in [6.45, 7) is -0.262. The van der Waals surface area contributed by atoms with Gasteiger partial charge < -0.3 is 30.4 Å². The molecule has 2 fully saturated rings.